The summed E-state index contributed by atoms with van der Waals surface area (Å²) in [5.41, 5.74) is 0. The third kappa shape index (κ3) is 54.9. The molecule has 0 saturated heterocycles. The third-order valence-electron chi connectivity index (χ3n) is 0.213. The molecular weight excluding hydrogens is 380 g/mol. The van der Waals surface area contributed by atoms with Gasteiger partial charge in [-0.2, -0.15) is 4.31 Å². The van der Waals surface area contributed by atoms with Crippen LogP contribution in [0.15, 0.2) is 0 Å². The third-order valence-corrected chi connectivity index (χ3v) is 1.91. The average molecular weight is 388 g/mol. The Bertz CT molecular complexity index is 316. The van der Waals surface area contributed by atoms with Crippen LogP contribution in [0.3, 0.4) is 0 Å². The molecule has 16 heavy (non-hydrogen) atoms. The molecule has 0 fully saturated rings. The summed E-state index contributed by atoms with van der Waals surface area (Å²) in [7, 11) is -10.1. The Labute approximate surface area is 137 Å². The van der Waals surface area contributed by atoms with Crippen molar-refractivity contribution in [3.63, 3.8) is 0 Å². The topological polar surface area (TPSA) is 199 Å². The molecule has 0 spiro atoms. The molecular formula is H8MoNa2O11P2. The average Bonchev–Trinajstić information content (AvgIpc) is 1.42. The van der Waals surface area contributed by atoms with Crippen LogP contribution < -0.4 is 0 Å². The summed E-state index contributed by atoms with van der Waals surface area (Å²) in [4.78, 5) is 31.0. The van der Waals surface area contributed by atoms with E-state index in [-0.39, 0.29) is 59.1 Å². The van der Waals surface area contributed by atoms with Gasteiger partial charge in [-0.15, -0.1) is 0 Å². The molecule has 11 nitrogen and oxygen atoms in total. The Hall–Kier alpha value is 2.47. The fraction of sp³-hybridized carbons (Fsp3) is 0. The van der Waals surface area contributed by atoms with Crippen molar-refractivity contribution in [1.82, 2.24) is 0 Å². The Morgan fingerprint density at radius 1 is 0.812 bits per heavy atom. The van der Waals surface area contributed by atoms with Gasteiger partial charge in [0.05, 0.1) is 0 Å². The predicted molar refractivity (Wildman–Crippen MR) is 45.3 cm³/mol. The van der Waals surface area contributed by atoms with Crippen molar-refractivity contribution in [1.29, 1.82) is 0 Å². The van der Waals surface area contributed by atoms with E-state index in [1.165, 1.54) is 0 Å². The molecule has 0 amide bonds. The molecule has 0 radical (unpaired) electrons. The Kier molecular flexibility index (Phi) is 17.3. The molecule has 0 bridgehead atoms. The molecule has 0 rings (SSSR count). The molecule has 0 saturated carbocycles. The van der Waals surface area contributed by atoms with E-state index in [4.69, 9.17) is 33.9 Å². The quantitative estimate of drug-likeness (QED) is 0.203. The first-order chi connectivity index (χ1) is 5.71. The van der Waals surface area contributed by atoms with Crippen molar-refractivity contribution < 1.29 is 64.1 Å². The van der Waals surface area contributed by atoms with Crippen LogP contribution in [-0.2, 0) is 37.0 Å². The second-order valence-corrected chi connectivity index (χ2v) is 6.33. The first kappa shape index (κ1) is 26.9. The van der Waals surface area contributed by atoms with Gasteiger partial charge in [-0.05, 0) is 0 Å². The van der Waals surface area contributed by atoms with E-state index in [1.807, 2.05) is 0 Å². The van der Waals surface area contributed by atoms with Gasteiger partial charge in [-0.25, -0.2) is 9.13 Å². The van der Waals surface area contributed by atoms with Gasteiger partial charge >= 0.3 is 106 Å². The minimum absolute atomic E-state index is 0. The molecule has 16 heteroatoms. The molecule has 0 heterocycles. The molecule has 0 aliphatic heterocycles. The van der Waals surface area contributed by atoms with Gasteiger partial charge < -0.3 is 19.6 Å². The summed E-state index contributed by atoms with van der Waals surface area (Å²) in [5.74, 6) is 0. The molecule has 0 unspecified atom stereocenters. The standard InChI is InChI=1S/Mo.2Na.H4O7P2.2H2O.2O.2H/c;;;1-8(2,3)7-9(4,5)6;;;;;;/h;;;(H2,1,2,3)(H2,4,5,6);2*1H2;;;;/q+2;;;;;;;;;/p-2. The zero-order valence-corrected chi connectivity index (χ0v) is 9.82. The maximum absolute atomic E-state index is 9.63. The Morgan fingerprint density at radius 3 is 0.938 bits per heavy atom. The summed E-state index contributed by atoms with van der Waals surface area (Å²) < 4.78 is 54.2. The van der Waals surface area contributed by atoms with E-state index in [0.29, 0.717) is 0 Å². The molecule has 0 aliphatic carbocycles. The predicted octanol–water partition coefficient (Wildman–Crippen LogP) is -3.46. The molecule has 0 aromatic carbocycles. The number of hydrogen-bond acceptors (Lipinski definition) is 5. The van der Waals surface area contributed by atoms with Crippen LogP contribution in [0.2, 0.25) is 0 Å². The monoisotopic (exact) mass is 390 g/mol. The summed E-state index contributed by atoms with van der Waals surface area (Å²) in [6.07, 6.45) is 0. The molecule has 0 atom stereocenters. The number of hydrogen-bond donors (Lipinski definition) is 6. The molecule has 0 aliphatic rings. The number of rotatable bonds is 2. The van der Waals surface area contributed by atoms with Crippen LogP contribution in [0.1, 0.15) is 0 Å². The van der Waals surface area contributed by atoms with Crippen LogP contribution in [0.25, 0.3) is 0 Å². The van der Waals surface area contributed by atoms with Crippen molar-refractivity contribution in [2.75, 3.05) is 0 Å². The summed E-state index contributed by atoms with van der Waals surface area (Å²) >= 11 is -5.52. The SMILES string of the molecule is O=P(O)(O)OP(=O)(O)O.[NaH].[NaH].[O]=[Mo](=[O])([OH])[OH]. The van der Waals surface area contributed by atoms with Crippen LogP contribution in [-0.4, -0.2) is 86.2 Å². The van der Waals surface area contributed by atoms with Crippen molar-refractivity contribution >= 4 is 74.8 Å². The van der Waals surface area contributed by atoms with Gasteiger partial charge in [0.2, 0.25) is 0 Å². The van der Waals surface area contributed by atoms with Crippen LogP contribution >= 0.6 is 15.6 Å². The first-order valence-electron chi connectivity index (χ1n) is 2.23. The molecule has 6 N–H and O–H groups in total. The van der Waals surface area contributed by atoms with Gasteiger partial charge in [0.15, 0.2) is 0 Å². The normalized spacial score (nSPS) is 11.4. The van der Waals surface area contributed by atoms with E-state index in [1.54, 1.807) is 0 Å². The van der Waals surface area contributed by atoms with Gasteiger partial charge in [0.1, 0.15) is 0 Å². The fourth-order valence-corrected chi connectivity index (χ4v) is 1.25. The summed E-state index contributed by atoms with van der Waals surface area (Å²) in [5, 5.41) is 0. The van der Waals surface area contributed by atoms with Crippen molar-refractivity contribution in [2.24, 2.45) is 0 Å². The van der Waals surface area contributed by atoms with E-state index in [9.17, 15) is 9.13 Å². The van der Waals surface area contributed by atoms with E-state index in [0.717, 1.165) is 0 Å². The second kappa shape index (κ2) is 10.3. The maximum atomic E-state index is 9.63. The van der Waals surface area contributed by atoms with E-state index >= 15 is 0 Å². The summed E-state index contributed by atoms with van der Waals surface area (Å²) in [6.45, 7) is 0. The van der Waals surface area contributed by atoms with Crippen molar-refractivity contribution in [3.05, 3.63) is 0 Å². The van der Waals surface area contributed by atoms with Gasteiger partial charge in [0.25, 0.3) is 0 Å². The van der Waals surface area contributed by atoms with Crippen LogP contribution in [0.4, 0.5) is 0 Å². The molecule has 92 valence electrons. The Morgan fingerprint density at radius 2 is 0.938 bits per heavy atom. The Balaban J connectivity index is -0.0000000904. The summed E-state index contributed by atoms with van der Waals surface area (Å²) in [6, 6.07) is 0. The minimum atomic E-state index is -5.52. The second-order valence-electron chi connectivity index (χ2n) is 1.51. The van der Waals surface area contributed by atoms with Crippen molar-refractivity contribution in [2.45, 2.75) is 0 Å². The van der Waals surface area contributed by atoms with E-state index < -0.39 is 32.4 Å². The van der Waals surface area contributed by atoms with Crippen LogP contribution in [0, 0.1) is 0 Å². The molecule has 0 aromatic heterocycles. The van der Waals surface area contributed by atoms with Gasteiger partial charge in [-0.1, -0.05) is 0 Å². The first-order valence-corrected chi connectivity index (χ1v) is 8.72. The zero-order chi connectivity index (χ0) is 12.2. The van der Waals surface area contributed by atoms with E-state index in [2.05, 4.69) is 4.31 Å². The van der Waals surface area contributed by atoms with Crippen molar-refractivity contribution in [3.8, 4) is 0 Å². The number of phosphoric acid groups is 2. The van der Waals surface area contributed by atoms with Gasteiger partial charge in [-0.3, -0.25) is 0 Å². The molecule has 0 aromatic rings. The zero-order valence-electron chi connectivity index (χ0n) is 6.03. The van der Waals surface area contributed by atoms with Gasteiger partial charge in [0, 0.05) is 0 Å². The fourth-order valence-electron chi connectivity index (χ4n) is 0.139. The van der Waals surface area contributed by atoms with Crippen LogP contribution in [0.5, 0.6) is 0 Å².